The van der Waals surface area contributed by atoms with Gasteiger partial charge in [-0.2, -0.15) is 0 Å². The molecule has 2 aromatic carbocycles. The zero-order chi connectivity index (χ0) is 15.2. The normalized spacial score (nSPS) is 10.2. The number of ketones is 1. The van der Waals surface area contributed by atoms with Gasteiger partial charge in [-0.25, -0.2) is 0 Å². The molecule has 0 atom stereocenters. The summed E-state index contributed by atoms with van der Waals surface area (Å²) in [7, 11) is 1.51. The average molecular weight is 288 g/mol. The van der Waals surface area contributed by atoms with Gasteiger partial charge in [0.1, 0.15) is 23.9 Å². The molecule has 5 nitrogen and oxygen atoms in total. The van der Waals surface area contributed by atoms with Crippen molar-refractivity contribution in [3.8, 4) is 17.2 Å². The van der Waals surface area contributed by atoms with E-state index in [4.69, 9.17) is 14.6 Å². The number of phenols is 1. The Labute approximate surface area is 122 Å². The SMILES string of the molecule is COc1ccc(C(=O)c2ccccc2O)c(OCCO)c1. The molecule has 0 spiro atoms. The van der Waals surface area contributed by atoms with Gasteiger partial charge >= 0.3 is 0 Å². The molecule has 0 aliphatic rings. The Kier molecular flexibility index (Phi) is 4.79. The standard InChI is InChI=1S/C16H16O5/c1-20-11-6-7-13(15(10-11)21-9-8-17)16(19)12-4-2-3-5-14(12)18/h2-7,10,17-18H,8-9H2,1H3. The number of aliphatic hydroxyl groups excluding tert-OH is 1. The van der Waals surface area contributed by atoms with E-state index in [2.05, 4.69) is 0 Å². The zero-order valence-corrected chi connectivity index (χ0v) is 11.6. The van der Waals surface area contributed by atoms with Crippen LogP contribution in [0.2, 0.25) is 0 Å². The van der Waals surface area contributed by atoms with Gasteiger partial charge in [-0.1, -0.05) is 12.1 Å². The number of methoxy groups -OCH3 is 1. The summed E-state index contributed by atoms with van der Waals surface area (Å²) in [5, 5.41) is 18.6. The molecule has 110 valence electrons. The number of carbonyl (C=O) groups excluding carboxylic acids is 1. The van der Waals surface area contributed by atoms with Crippen molar-refractivity contribution in [1.29, 1.82) is 0 Å². The molecule has 0 aliphatic heterocycles. The van der Waals surface area contributed by atoms with Gasteiger partial charge in [-0.3, -0.25) is 4.79 Å². The van der Waals surface area contributed by atoms with E-state index in [0.29, 0.717) is 17.1 Å². The minimum Gasteiger partial charge on any atom is -0.507 e. The van der Waals surface area contributed by atoms with Crippen LogP contribution in [0.5, 0.6) is 17.2 Å². The number of aliphatic hydroxyl groups is 1. The molecule has 0 fully saturated rings. The lowest BCUT2D eigenvalue weighted by Crippen LogP contribution is -2.08. The van der Waals surface area contributed by atoms with Crippen LogP contribution in [-0.2, 0) is 0 Å². The van der Waals surface area contributed by atoms with Crippen LogP contribution in [0.25, 0.3) is 0 Å². The Morgan fingerprint density at radius 2 is 1.90 bits per heavy atom. The molecule has 2 aromatic rings. The topological polar surface area (TPSA) is 76.0 Å². The van der Waals surface area contributed by atoms with Crippen molar-refractivity contribution in [2.24, 2.45) is 0 Å². The van der Waals surface area contributed by atoms with Gasteiger partial charge in [0.2, 0.25) is 0 Å². The van der Waals surface area contributed by atoms with Gasteiger partial charge < -0.3 is 19.7 Å². The quantitative estimate of drug-likeness (QED) is 0.795. The molecule has 0 saturated carbocycles. The highest BCUT2D eigenvalue weighted by Crippen LogP contribution is 2.29. The van der Waals surface area contributed by atoms with Crippen molar-refractivity contribution in [2.75, 3.05) is 20.3 Å². The highest BCUT2D eigenvalue weighted by atomic mass is 16.5. The van der Waals surface area contributed by atoms with Crippen molar-refractivity contribution < 1.29 is 24.5 Å². The lowest BCUT2D eigenvalue weighted by atomic mass is 10.0. The number of para-hydroxylation sites is 1. The van der Waals surface area contributed by atoms with Crippen LogP contribution in [0.1, 0.15) is 15.9 Å². The predicted octanol–water partition coefficient (Wildman–Crippen LogP) is 2.00. The minimum absolute atomic E-state index is 0.0637. The molecule has 0 radical (unpaired) electrons. The van der Waals surface area contributed by atoms with E-state index >= 15 is 0 Å². The maximum atomic E-state index is 12.5. The fourth-order valence-corrected chi connectivity index (χ4v) is 1.90. The number of hydrogen-bond acceptors (Lipinski definition) is 5. The Balaban J connectivity index is 2.42. The second-order valence-electron chi connectivity index (χ2n) is 4.28. The lowest BCUT2D eigenvalue weighted by molar-refractivity contribution is 0.103. The van der Waals surface area contributed by atoms with E-state index in [9.17, 15) is 9.90 Å². The molecule has 0 amide bonds. The average Bonchev–Trinajstić information content (AvgIpc) is 2.52. The van der Waals surface area contributed by atoms with Gasteiger partial charge in [0.05, 0.1) is 24.8 Å². The first-order valence-corrected chi connectivity index (χ1v) is 6.41. The molecular formula is C16H16O5. The summed E-state index contributed by atoms with van der Waals surface area (Å²) in [5.74, 6) is 0.392. The van der Waals surface area contributed by atoms with Crippen molar-refractivity contribution in [1.82, 2.24) is 0 Å². The smallest absolute Gasteiger partial charge is 0.200 e. The fraction of sp³-hybridized carbons (Fsp3) is 0.188. The number of carbonyl (C=O) groups is 1. The third-order valence-corrected chi connectivity index (χ3v) is 2.93. The van der Waals surface area contributed by atoms with Crippen LogP contribution in [-0.4, -0.2) is 36.3 Å². The molecule has 0 unspecified atom stereocenters. The summed E-state index contributed by atoms with van der Waals surface area (Å²) < 4.78 is 10.5. The Hall–Kier alpha value is -2.53. The largest absolute Gasteiger partial charge is 0.507 e. The van der Waals surface area contributed by atoms with E-state index in [1.54, 1.807) is 30.3 Å². The van der Waals surface area contributed by atoms with Crippen LogP contribution in [0, 0.1) is 0 Å². The Morgan fingerprint density at radius 3 is 2.57 bits per heavy atom. The third-order valence-electron chi connectivity index (χ3n) is 2.93. The van der Waals surface area contributed by atoms with Crippen LogP contribution >= 0.6 is 0 Å². The Morgan fingerprint density at radius 1 is 1.14 bits per heavy atom. The van der Waals surface area contributed by atoms with Gasteiger partial charge in [-0.05, 0) is 24.3 Å². The summed E-state index contributed by atoms with van der Waals surface area (Å²) in [4.78, 5) is 12.5. The van der Waals surface area contributed by atoms with Crippen LogP contribution in [0.15, 0.2) is 42.5 Å². The number of aromatic hydroxyl groups is 1. The molecular weight excluding hydrogens is 272 g/mol. The number of hydrogen-bond donors (Lipinski definition) is 2. The first-order valence-electron chi connectivity index (χ1n) is 6.41. The second kappa shape index (κ2) is 6.76. The molecule has 0 bridgehead atoms. The Bertz CT molecular complexity index is 636. The summed E-state index contributed by atoms with van der Waals surface area (Å²) in [6.07, 6.45) is 0. The second-order valence-corrected chi connectivity index (χ2v) is 4.28. The monoisotopic (exact) mass is 288 g/mol. The number of phenolic OH excluding ortho intramolecular Hbond substituents is 1. The molecule has 0 saturated heterocycles. The fourth-order valence-electron chi connectivity index (χ4n) is 1.90. The molecule has 0 aliphatic carbocycles. The minimum atomic E-state index is -0.358. The van der Waals surface area contributed by atoms with Crippen LogP contribution in [0.4, 0.5) is 0 Å². The maximum Gasteiger partial charge on any atom is 0.200 e. The molecule has 0 heterocycles. The summed E-state index contributed by atoms with van der Waals surface area (Å²) in [5.41, 5.74) is 0.488. The van der Waals surface area contributed by atoms with Gasteiger partial charge in [0.15, 0.2) is 5.78 Å². The van der Waals surface area contributed by atoms with Gasteiger partial charge in [0.25, 0.3) is 0 Å². The highest BCUT2D eigenvalue weighted by molar-refractivity contribution is 6.12. The maximum absolute atomic E-state index is 12.5. The molecule has 21 heavy (non-hydrogen) atoms. The highest BCUT2D eigenvalue weighted by Gasteiger charge is 2.18. The van der Waals surface area contributed by atoms with Crippen molar-refractivity contribution in [2.45, 2.75) is 0 Å². The molecule has 5 heteroatoms. The van der Waals surface area contributed by atoms with E-state index in [0.717, 1.165) is 0 Å². The lowest BCUT2D eigenvalue weighted by Gasteiger charge is -2.12. The van der Waals surface area contributed by atoms with Crippen LogP contribution in [0.3, 0.4) is 0 Å². The zero-order valence-electron chi connectivity index (χ0n) is 11.6. The molecule has 2 rings (SSSR count). The van der Waals surface area contributed by atoms with E-state index < -0.39 is 0 Å². The van der Waals surface area contributed by atoms with E-state index in [1.807, 2.05) is 0 Å². The predicted molar refractivity (Wildman–Crippen MR) is 77.1 cm³/mol. The number of benzene rings is 2. The number of ether oxygens (including phenoxy) is 2. The number of rotatable bonds is 6. The van der Waals surface area contributed by atoms with E-state index in [1.165, 1.54) is 19.2 Å². The van der Waals surface area contributed by atoms with E-state index in [-0.39, 0.29) is 30.3 Å². The summed E-state index contributed by atoms with van der Waals surface area (Å²) in [6, 6.07) is 11.1. The molecule has 0 aromatic heterocycles. The van der Waals surface area contributed by atoms with Crippen LogP contribution < -0.4 is 9.47 Å². The van der Waals surface area contributed by atoms with Crippen molar-refractivity contribution in [3.63, 3.8) is 0 Å². The van der Waals surface area contributed by atoms with Crippen molar-refractivity contribution in [3.05, 3.63) is 53.6 Å². The first kappa shape index (κ1) is 14.9. The molecule has 2 N–H and O–H groups in total. The first-order chi connectivity index (χ1) is 10.2. The summed E-state index contributed by atoms with van der Waals surface area (Å²) in [6.45, 7) is -0.102. The van der Waals surface area contributed by atoms with Crippen molar-refractivity contribution >= 4 is 5.78 Å². The summed E-state index contributed by atoms with van der Waals surface area (Å²) >= 11 is 0. The van der Waals surface area contributed by atoms with Gasteiger partial charge in [-0.15, -0.1) is 0 Å². The van der Waals surface area contributed by atoms with Gasteiger partial charge in [0, 0.05) is 6.07 Å². The third kappa shape index (κ3) is 3.32.